The van der Waals surface area contributed by atoms with Gasteiger partial charge in [0.15, 0.2) is 0 Å². The number of benzene rings is 1. The van der Waals surface area contributed by atoms with E-state index in [0.29, 0.717) is 13.1 Å². The van der Waals surface area contributed by atoms with Gasteiger partial charge in [-0.3, -0.25) is 10.1 Å². The Labute approximate surface area is 115 Å². The molecule has 0 radical (unpaired) electrons. The van der Waals surface area contributed by atoms with Gasteiger partial charge in [0.1, 0.15) is 5.01 Å². The molecule has 1 aromatic carbocycles. The van der Waals surface area contributed by atoms with E-state index in [9.17, 15) is 10.1 Å². The molecule has 19 heavy (non-hydrogen) atoms. The van der Waals surface area contributed by atoms with E-state index in [1.54, 1.807) is 23.5 Å². The molecule has 0 unspecified atom stereocenters. The van der Waals surface area contributed by atoms with Crippen LogP contribution in [0.1, 0.15) is 21.1 Å². The summed E-state index contributed by atoms with van der Waals surface area (Å²) in [6.07, 6.45) is 0. The monoisotopic (exact) mass is 277 g/mol. The van der Waals surface area contributed by atoms with Gasteiger partial charge in [-0.1, -0.05) is 12.1 Å². The quantitative estimate of drug-likeness (QED) is 0.674. The highest BCUT2D eigenvalue weighted by Crippen LogP contribution is 2.16. The summed E-state index contributed by atoms with van der Waals surface area (Å²) in [7, 11) is 0. The van der Waals surface area contributed by atoms with Crippen LogP contribution in [0.25, 0.3) is 0 Å². The van der Waals surface area contributed by atoms with Crippen molar-refractivity contribution in [2.24, 2.45) is 0 Å². The van der Waals surface area contributed by atoms with Crippen molar-refractivity contribution in [1.82, 2.24) is 10.3 Å². The van der Waals surface area contributed by atoms with Crippen LogP contribution in [0, 0.1) is 24.0 Å². The maximum Gasteiger partial charge on any atom is 0.269 e. The molecule has 6 heteroatoms. The zero-order valence-corrected chi connectivity index (χ0v) is 11.7. The lowest BCUT2D eigenvalue weighted by molar-refractivity contribution is -0.384. The van der Waals surface area contributed by atoms with E-state index in [2.05, 4.69) is 17.2 Å². The molecule has 5 nitrogen and oxygen atoms in total. The highest BCUT2D eigenvalue weighted by molar-refractivity contribution is 7.11. The van der Waals surface area contributed by atoms with Crippen molar-refractivity contribution in [2.45, 2.75) is 26.9 Å². The van der Waals surface area contributed by atoms with Gasteiger partial charge < -0.3 is 5.32 Å². The van der Waals surface area contributed by atoms with E-state index >= 15 is 0 Å². The van der Waals surface area contributed by atoms with E-state index in [1.165, 1.54) is 10.9 Å². The van der Waals surface area contributed by atoms with Crippen molar-refractivity contribution < 1.29 is 4.92 Å². The van der Waals surface area contributed by atoms with Gasteiger partial charge in [-0.25, -0.2) is 4.98 Å². The third kappa shape index (κ3) is 3.59. The number of rotatable bonds is 5. The Morgan fingerprint density at radius 3 is 2.79 bits per heavy atom. The Kier molecular flexibility index (Phi) is 4.24. The molecule has 0 atom stereocenters. The number of nitro benzene ring substituents is 1. The van der Waals surface area contributed by atoms with Crippen molar-refractivity contribution >= 4 is 17.0 Å². The number of non-ortho nitro benzene ring substituents is 1. The zero-order chi connectivity index (χ0) is 13.8. The summed E-state index contributed by atoms with van der Waals surface area (Å²) in [5.41, 5.74) is 2.09. The van der Waals surface area contributed by atoms with Crippen LogP contribution in [-0.4, -0.2) is 9.91 Å². The summed E-state index contributed by atoms with van der Waals surface area (Å²) >= 11 is 1.68. The van der Waals surface area contributed by atoms with Gasteiger partial charge in [0, 0.05) is 30.1 Å². The standard InChI is InChI=1S/C13H15N3O2S/c1-9-10(2)19-13(15-9)8-14-7-11-4-3-5-12(6-11)16(17)18/h3-6,14H,7-8H2,1-2H3. The van der Waals surface area contributed by atoms with Gasteiger partial charge in [-0.2, -0.15) is 0 Å². The van der Waals surface area contributed by atoms with Gasteiger partial charge in [0.25, 0.3) is 5.69 Å². The first kappa shape index (κ1) is 13.6. The molecule has 0 amide bonds. The summed E-state index contributed by atoms with van der Waals surface area (Å²) in [5, 5.41) is 15.0. The molecule has 1 heterocycles. The van der Waals surface area contributed by atoms with Crippen LogP contribution >= 0.6 is 11.3 Å². The highest BCUT2D eigenvalue weighted by atomic mass is 32.1. The van der Waals surface area contributed by atoms with E-state index in [4.69, 9.17) is 0 Å². The SMILES string of the molecule is Cc1nc(CNCc2cccc([N+](=O)[O-])c2)sc1C. The largest absolute Gasteiger partial charge is 0.306 e. The van der Waals surface area contributed by atoms with Crippen LogP contribution in [0.4, 0.5) is 5.69 Å². The Hall–Kier alpha value is -1.79. The van der Waals surface area contributed by atoms with Gasteiger partial charge >= 0.3 is 0 Å². The first-order valence-corrected chi connectivity index (χ1v) is 6.75. The lowest BCUT2D eigenvalue weighted by Crippen LogP contribution is -2.12. The summed E-state index contributed by atoms with van der Waals surface area (Å²) < 4.78 is 0. The fourth-order valence-corrected chi connectivity index (χ4v) is 2.61. The maximum atomic E-state index is 10.7. The summed E-state index contributed by atoms with van der Waals surface area (Å²) in [6, 6.07) is 6.66. The van der Waals surface area contributed by atoms with E-state index in [-0.39, 0.29) is 10.6 Å². The smallest absolute Gasteiger partial charge is 0.269 e. The fourth-order valence-electron chi connectivity index (χ4n) is 1.71. The Bertz CT molecular complexity index is 576. The second-order valence-corrected chi connectivity index (χ2v) is 5.57. The number of nitrogens with zero attached hydrogens (tertiary/aromatic N) is 2. The molecule has 0 aliphatic heterocycles. The average Bonchev–Trinajstić information content (AvgIpc) is 2.69. The van der Waals surface area contributed by atoms with Crippen LogP contribution in [0.3, 0.4) is 0 Å². The van der Waals surface area contributed by atoms with Crippen LogP contribution in [0.15, 0.2) is 24.3 Å². The molecule has 0 saturated heterocycles. The molecular weight excluding hydrogens is 262 g/mol. The Morgan fingerprint density at radius 2 is 2.16 bits per heavy atom. The van der Waals surface area contributed by atoms with E-state index < -0.39 is 0 Å². The fraction of sp³-hybridized carbons (Fsp3) is 0.308. The molecule has 0 fully saturated rings. The minimum Gasteiger partial charge on any atom is -0.306 e. The van der Waals surface area contributed by atoms with Crippen molar-refractivity contribution in [3.05, 3.63) is 55.5 Å². The third-order valence-electron chi connectivity index (χ3n) is 2.80. The molecule has 0 saturated carbocycles. The number of nitrogens with one attached hydrogen (secondary N) is 1. The minimum atomic E-state index is -0.378. The van der Waals surface area contributed by atoms with Gasteiger partial charge in [0.05, 0.1) is 10.6 Å². The molecule has 100 valence electrons. The normalized spacial score (nSPS) is 10.6. The highest BCUT2D eigenvalue weighted by Gasteiger charge is 2.06. The summed E-state index contributed by atoms with van der Waals surface area (Å²) in [5.74, 6) is 0. The number of nitro groups is 1. The van der Waals surface area contributed by atoms with E-state index in [0.717, 1.165) is 16.3 Å². The molecule has 0 aliphatic rings. The number of hydrogen-bond donors (Lipinski definition) is 1. The number of aryl methyl sites for hydroxylation is 2. The number of hydrogen-bond acceptors (Lipinski definition) is 5. The predicted molar refractivity (Wildman–Crippen MR) is 75.2 cm³/mol. The first-order valence-electron chi connectivity index (χ1n) is 5.93. The van der Waals surface area contributed by atoms with Crippen molar-refractivity contribution in [3.8, 4) is 0 Å². The van der Waals surface area contributed by atoms with Crippen molar-refractivity contribution in [1.29, 1.82) is 0 Å². The first-order chi connectivity index (χ1) is 9.06. The molecule has 0 spiro atoms. The third-order valence-corrected chi connectivity index (χ3v) is 3.87. The van der Waals surface area contributed by atoms with E-state index in [1.807, 2.05) is 13.0 Å². The second-order valence-electron chi connectivity index (χ2n) is 4.28. The van der Waals surface area contributed by atoms with Gasteiger partial charge in [-0.15, -0.1) is 11.3 Å². The molecular formula is C13H15N3O2S. The summed E-state index contributed by atoms with van der Waals surface area (Å²) in [6.45, 7) is 5.33. The predicted octanol–water partition coefficient (Wildman–Crippen LogP) is 2.96. The van der Waals surface area contributed by atoms with Crippen LogP contribution in [0.5, 0.6) is 0 Å². The Morgan fingerprint density at radius 1 is 1.37 bits per heavy atom. The molecule has 0 aliphatic carbocycles. The zero-order valence-electron chi connectivity index (χ0n) is 10.8. The average molecular weight is 277 g/mol. The molecule has 2 aromatic rings. The van der Waals surface area contributed by atoms with Crippen LogP contribution in [0.2, 0.25) is 0 Å². The lowest BCUT2D eigenvalue weighted by atomic mass is 10.2. The Balaban J connectivity index is 1.92. The molecule has 1 aromatic heterocycles. The minimum absolute atomic E-state index is 0.125. The molecule has 1 N–H and O–H groups in total. The second kappa shape index (κ2) is 5.90. The van der Waals surface area contributed by atoms with Crippen LogP contribution < -0.4 is 5.32 Å². The number of thiazole rings is 1. The molecule has 0 bridgehead atoms. The van der Waals surface area contributed by atoms with Gasteiger partial charge in [0.2, 0.25) is 0 Å². The lowest BCUT2D eigenvalue weighted by Gasteiger charge is -2.02. The maximum absolute atomic E-state index is 10.7. The summed E-state index contributed by atoms with van der Waals surface area (Å²) in [4.78, 5) is 16.0. The number of aromatic nitrogens is 1. The van der Waals surface area contributed by atoms with Crippen molar-refractivity contribution in [2.75, 3.05) is 0 Å². The van der Waals surface area contributed by atoms with Crippen molar-refractivity contribution in [3.63, 3.8) is 0 Å². The van der Waals surface area contributed by atoms with Crippen LogP contribution in [-0.2, 0) is 13.1 Å². The van der Waals surface area contributed by atoms with Gasteiger partial charge in [-0.05, 0) is 19.4 Å². The molecule has 2 rings (SSSR count). The topological polar surface area (TPSA) is 68.1 Å².